The fourth-order valence-electron chi connectivity index (χ4n) is 3.32. The van der Waals surface area contributed by atoms with Gasteiger partial charge in [-0.25, -0.2) is 4.98 Å². The third kappa shape index (κ3) is 2.91. The molecule has 22 heavy (non-hydrogen) atoms. The maximum Gasteiger partial charge on any atom is 0.290 e. The first-order valence-corrected chi connectivity index (χ1v) is 7.61. The van der Waals surface area contributed by atoms with Crippen LogP contribution in [0.4, 0.5) is 11.5 Å². The number of nitro groups is 1. The van der Waals surface area contributed by atoms with Gasteiger partial charge in [0.2, 0.25) is 0 Å². The van der Waals surface area contributed by atoms with Gasteiger partial charge in [0.1, 0.15) is 12.0 Å². The molecule has 7 heteroatoms. The Morgan fingerprint density at radius 2 is 2.18 bits per heavy atom. The molecule has 1 aromatic rings. The van der Waals surface area contributed by atoms with Crippen LogP contribution < -0.4 is 4.90 Å². The lowest BCUT2D eigenvalue weighted by atomic mass is 9.91. The average molecular weight is 307 g/mol. The largest absolute Gasteiger partial charge is 0.381 e. The van der Waals surface area contributed by atoms with Crippen LogP contribution in [0.25, 0.3) is 0 Å². The van der Waals surface area contributed by atoms with E-state index >= 15 is 0 Å². The van der Waals surface area contributed by atoms with Gasteiger partial charge in [0.15, 0.2) is 0 Å². The minimum Gasteiger partial charge on any atom is -0.381 e. The Kier molecular flexibility index (Phi) is 4.01. The first-order chi connectivity index (χ1) is 10.5. The topological polar surface area (TPSA) is 77.7 Å². The molecule has 2 aliphatic rings. The van der Waals surface area contributed by atoms with E-state index in [0.717, 1.165) is 31.7 Å². The van der Waals surface area contributed by atoms with Gasteiger partial charge < -0.3 is 14.4 Å². The molecule has 0 saturated carbocycles. The molecule has 1 aromatic heterocycles. The van der Waals surface area contributed by atoms with Gasteiger partial charge in [0.05, 0.1) is 16.6 Å². The molecule has 0 N–H and O–H groups in total. The van der Waals surface area contributed by atoms with Crippen molar-refractivity contribution in [1.29, 1.82) is 0 Å². The van der Waals surface area contributed by atoms with Crippen LogP contribution in [0.3, 0.4) is 0 Å². The van der Waals surface area contributed by atoms with Crippen molar-refractivity contribution in [2.75, 3.05) is 31.2 Å². The van der Waals surface area contributed by atoms with Crippen molar-refractivity contribution in [3.05, 3.63) is 27.9 Å². The van der Waals surface area contributed by atoms with E-state index in [0.29, 0.717) is 18.8 Å². The summed E-state index contributed by atoms with van der Waals surface area (Å²) < 4.78 is 11.6. The SMILES string of the molecule is Cc1cc(N2C[C@H](C)OC3(CCOCC3)C2)ncc1[N+](=O)[O-]. The predicted octanol–water partition coefficient (Wildman–Crippen LogP) is 2.07. The van der Waals surface area contributed by atoms with Crippen LogP contribution in [0, 0.1) is 17.0 Å². The number of ether oxygens (including phenoxy) is 2. The molecule has 2 aliphatic heterocycles. The second-order valence-corrected chi connectivity index (χ2v) is 6.19. The van der Waals surface area contributed by atoms with Crippen molar-refractivity contribution in [2.45, 2.75) is 38.4 Å². The van der Waals surface area contributed by atoms with E-state index in [2.05, 4.69) is 16.8 Å². The predicted molar refractivity (Wildman–Crippen MR) is 81.2 cm³/mol. The number of anilines is 1. The number of rotatable bonds is 2. The van der Waals surface area contributed by atoms with Gasteiger partial charge in [-0.05, 0) is 19.9 Å². The van der Waals surface area contributed by atoms with Crippen molar-refractivity contribution in [1.82, 2.24) is 4.98 Å². The monoisotopic (exact) mass is 307 g/mol. The summed E-state index contributed by atoms with van der Waals surface area (Å²) in [4.78, 5) is 17.0. The summed E-state index contributed by atoms with van der Waals surface area (Å²) in [5.41, 5.74) is 0.508. The number of hydrogen-bond donors (Lipinski definition) is 0. The molecule has 3 heterocycles. The van der Waals surface area contributed by atoms with Gasteiger partial charge in [-0.3, -0.25) is 10.1 Å². The van der Waals surface area contributed by atoms with Gasteiger partial charge in [0.25, 0.3) is 5.69 Å². The Labute approximate surface area is 129 Å². The fraction of sp³-hybridized carbons (Fsp3) is 0.667. The van der Waals surface area contributed by atoms with Crippen molar-refractivity contribution >= 4 is 11.5 Å². The van der Waals surface area contributed by atoms with E-state index < -0.39 is 4.92 Å². The highest BCUT2D eigenvalue weighted by molar-refractivity contribution is 5.49. The standard InChI is InChI=1S/C15H21N3O4/c1-11-7-14(16-8-13(11)18(19)20)17-9-12(2)22-15(10-17)3-5-21-6-4-15/h7-8,12H,3-6,9-10H2,1-2H3/t12-/m0/s1. The van der Waals surface area contributed by atoms with Crippen molar-refractivity contribution < 1.29 is 14.4 Å². The Hall–Kier alpha value is -1.73. The van der Waals surface area contributed by atoms with Crippen LogP contribution in [0.15, 0.2) is 12.3 Å². The number of aromatic nitrogens is 1. The zero-order valence-electron chi connectivity index (χ0n) is 12.9. The minimum atomic E-state index is -0.395. The molecule has 1 atom stereocenters. The zero-order chi connectivity index (χ0) is 15.7. The summed E-state index contributed by atoms with van der Waals surface area (Å²) >= 11 is 0. The highest BCUT2D eigenvalue weighted by atomic mass is 16.6. The highest BCUT2D eigenvalue weighted by Gasteiger charge is 2.41. The average Bonchev–Trinajstić information content (AvgIpc) is 2.46. The number of hydrogen-bond acceptors (Lipinski definition) is 6. The first-order valence-electron chi connectivity index (χ1n) is 7.61. The van der Waals surface area contributed by atoms with Crippen LogP contribution in [-0.4, -0.2) is 47.9 Å². The van der Waals surface area contributed by atoms with E-state index in [4.69, 9.17) is 9.47 Å². The molecule has 1 spiro atoms. The second kappa shape index (κ2) is 5.81. The molecule has 0 bridgehead atoms. The molecule has 0 aromatic carbocycles. The lowest BCUT2D eigenvalue weighted by molar-refractivity contribution is -0.385. The quantitative estimate of drug-likeness (QED) is 0.615. The number of nitrogens with zero attached hydrogens (tertiary/aromatic N) is 3. The van der Waals surface area contributed by atoms with Gasteiger partial charge in [-0.2, -0.15) is 0 Å². The van der Waals surface area contributed by atoms with Gasteiger partial charge in [0, 0.05) is 44.7 Å². The smallest absolute Gasteiger partial charge is 0.290 e. The molecular weight excluding hydrogens is 286 g/mol. The second-order valence-electron chi connectivity index (χ2n) is 6.19. The molecule has 0 radical (unpaired) electrons. The van der Waals surface area contributed by atoms with E-state index in [1.165, 1.54) is 6.20 Å². The van der Waals surface area contributed by atoms with Gasteiger partial charge in [-0.15, -0.1) is 0 Å². The van der Waals surface area contributed by atoms with Crippen molar-refractivity contribution in [3.8, 4) is 0 Å². The lowest BCUT2D eigenvalue weighted by Gasteiger charge is -2.47. The van der Waals surface area contributed by atoms with E-state index in [1.807, 2.05) is 0 Å². The molecule has 7 nitrogen and oxygen atoms in total. The normalized spacial score (nSPS) is 24.5. The Bertz CT molecular complexity index is 572. The van der Waals surface area contributed by atoms with Crippen LogP contribution in [0.5, 0.6) is 0 Å². The Morgan fingerprint density at radius 1 is 1.45 bits per heavy atom. The molecule has 0 amide bonds. The number of morpholine rings is 1. The third-order valence-corrected chi connectivity index (χ3v) is 4.40. The minimum absolute atomic E-state index is 0.0610. The van der Waals surface area contributed by atoms with Crippen LogP contribution in [0.2, 0.25) is 0 Å². The lowest BCUT2D eigenvalue weighted by Crippen LogP contribution is -2.57. The first kappa shape index (κ1) is 15.2. The van der Waals surface area contributed by atoms with Crippen molar-refractivity contribution in [2.24, 2.45) is 0 Å². The summed E-state index contributed by atoms with van der Waals surface area (Å²) in [7, 11) is 0. The molecule has 2 fully saturated rings. The van der Waals surface area contributed by atoms with Crippen LogP contribution in [-0.2, 0) is 9.47 Å². The van der Waals surface area contributed by atoms with E-state index in [-0.39, 0.29) is 17.4 Å². The Morgan fingerprint density at radius 3 is 2.82 bits per heavy atom. The Balaban J connectivity index is 1.84. The molecule has 120 valence electrons. The summed E-state index contributed by atoms with van der Waals surface area (Å²) in [5.74, 6) is 0.782. The molecule has 0 unspecified atom stereocenters. The molecule has 0 aliphatic carbocycles. The maximum atomic E-state index is 10.9. The fourth-order valence-corrected chi connectivity index (χ4v) is 3.32. The van der Waals surface area contributed by atoms with E-state index in [9.17, 15) is 10.1 Å². The third-order valence-electron chi connectivity index (χ3n) is 4.40. The summed E-state index contributed by atoms with van der Waals surface area (Å²) in [6, 6.07) is 1.79. The zero-order valence-corrected chi connectivity index (χ0v) is 12.9. The maximum absolute atomic E-state index is 10.9. The van der Waals surface area contributed by atoms with Gasteiger partial charge >= 0.3 is 0 Å². The number of pyridine rings is 1. The van der Waals surface area contributed by atoms with Crippen LogP contribution >= 0.6 is 0 Å². The molecule has 2 saturated heterocycles. The van der Waals surface area contributed by atoms with Gasteiger partial charge in [-0.1, -0.05) is 0 Å². The van der Waals surface area contributed by atoms with Crippen LogP contribution in [0.1, 0.15) is 25.3 Å². The highest BCUT2D eigenvalue weighted by Crippen LogP contribution is 2.33. The summed E-state index contributed by atoms with van der Waals surface area (Å²) in [6.07, 6.45) is 3.20. The molecular formula is C15H21N3O4. The van der Waals surface area contributed by atoms with Crippen molar-refractivity contribution in [3.63, 3.8) is 0 Å². The summed E-state index contributed by atoms with van der Waals surface area (Å²) in [6.45, 7) is 6.73. The number of aryl methyl sites for hydroxylation is 1. The van der Waals surface area contributed by atoms with E-state index in [1.54, 1.807) is 13.0 Å². The molecule has 3 rings (SSSR count). The summed E-state index contributed by atoms with van der Waals surface area (Å²) in [5, 5.41) is 10.9.